The summed E-state index contributed by atoms with van der Waals surface area (Å²) in [5, 5.41) is 37.1. The number of piperidine rings is 1. The van der Waals surface area contributed by atoms with Gasteiger partial charge < -0.3 is 30.7 Å². The minimum atomic E-state index is -1.08. The molecule has 1 fully saturated rings. The number of hydrogen-bond acceptors (Lipinski definition) is 6. The maximum absolute atomic E-state index is 12.4. The van der Waals surface area contributed by atoms with Gasteiger partial charge in [0.2, 0.25) is 0 Å². The lowest BCUT2D eigenvalue weighted by Gasteiger charge is -2.27. The molecular weight excluding hydrogens is 484 g/mol. The number of nitrogens with one attached hydrogen (secondary N) is 2. The van der Waals surface area contributed by atoms with Crippen LogP contribution in [0, 0.1) is 0 Å². The van der Waals surface area contributed by atoms with Gasteiger partial charge in [-0.3, -0.25) is 4.79 Å². The average Bonchev–Trinajstić information content (AvgIpc) is 2.91. The summed E-state index contributed by atoms with van der Waals surface area (Å²) in [4.78, 5) is 23.3. The van der Waals surface area contributed by atoms with E-state index in [4.69, 9.17) is 9.84 Å². The third kappa shape index (κ3) is 5.39. The van der Waals surface area contributed by atoms with Crippen LogP contribution >= 0.6 is 0 Å². The van der Waals surface area contributed by atoms with Crippen LogP contribution in [0.5, 0.6) is 11.5 Å². The Morgan fingerprint density at radius 3 is 2.58 bits per heavy atom. The molecule has 0 aromatic heterocycles. The molecule has 3 aliphatic rings. The van der Waals surface area contributed by atoms with E-state index in [1.54, 1.807) is 18.2 Å². The smallest absolute Gasteiger partial charge is 0.336 e. The third-order valence-corrected chi connectivity index (χ3v) is 7.20. The van der Waals surface area contributed by atoms with E-state index in [1.807, 2.05) is 6.07 Å². The summed E-state index contributed by atoms with van der Waals surface area (Å²) in [5.74, 6) is -1.44. The molecule has 0 radical (unpaired) electrons. The average molecular weight is 517 g/mol. The number of ether oxygens (including phenoxy) is 1. The van der Waals surface area contributed by atoms with Crippen molar-refractivity contribution in [1.29, 1.82) is 0 Å². The fourth-order valence-corrected chi connectivity index (χ4v) is 5.38. The van der Waals surface area contributed by atoms with Crippen molar-refractivity contribution in [3.8, 4) is 11.5 Å². The van der Waals surface area contributed by atoms with E-state index in [-0.39, 0.29) is 24.3 Å². The van der Waals surface area contributed by atoms with Gasteiger partial charge in [-0.2, -0.15) is 0 Å². The van der Waals surface area contributed by atoms with E-state index in [0.717, 1.165) is 61.3 Å². The molecule has 0 unspecified atom stereocenters. The normalized spacial score (nSPS) is 17.6. The second kappa shape index (κ2) is 11.0. The molecule has 5 N–H and O–H groups in total. The fraction of sp³-hybridized carbons (Fsp3) is 0.333. The number of hydrogen-bond donors (Lipinski definition) is 5. The zero-order valence-corrected chi connectivity index (χ0v) is 21.2. The zero-order valence-electron chi connectivity index (χ0n) is 21.2. The Morgan fingerprint density at radius 1 is 0.947 bits per heavy atom. The van der Waals surface area contributed by atoms with Crippen molar-refractivity contribution < 1.29 is 29.6 Å². The number of anilines is 1. The van der Waals surface area contributed by atoms with Crippen molar-refractivity contribution in [3.63, 3.8) is 0 Å². The molecule has 0 saturated carbocycles. The molecule has 198 valence electrons. The van der Waals surface area contributed by atoms with Gasteiger partial charge in [-0.15, -0.1) is 0 Å². The van der Waals surface area contributed by atoms with Gasteiger partial charge in [0, 0.05) is 48.1 Å². The van der Waals surface area contributed by atoms with Crippen LogP contribution in [0.2, 0.25) is 0 Å². The van der Waals surface area contributed by atoms with E-state index in [2.05, 4.69) is 22.8 Å². The molecule has 0 amide bonds. The minimum absolute atomic E-state index is 0.0112. The third-order valence-electron chi connectivity index (χ3n) is 7.20. The largest absolute Gasteiger partial charge is 0.507 e. The maximum Gasteiger partial charge on any atom is 0.336 e. The fourth-order valence-electron chi connectivity index (χ4n) is 5.38. The van der Waals surface area contributed by atoms with Gasteiger partial charge in [-0.05, 0) is 85.1 Å². The molecule has 0 spiro atoms. The number of aryl methyl sites for hydroxylation is 1. The number of aliphatic carboxylic acids is 1. The molecule has 38 heavy (non-hydrogen) atoms. The SMILES string of the molecule is O=C(O)CCCOc1ccc(C(=O)O)c(/C(=C2\C=C3CCCNC3=CC2)c2cc3c(cc2O)NCCC3)c1. The van der Waals surface area contributed by atoms with Gasteiger partial charge in [0.05, 0.1) is 12.2 Å². The Bertz CT molecular complexity index is 1370. The van der Waals surface area contributed by atoms with Gasteiger partial charge in [0.15, 0.2) is 0 Å². The molecule has 8 nitrogen and oxygen atoms in total. The summed E-state index contributed by atoms with van der Waals surface area (Å²) in [7, 11) is 0. The molecule has 5 rings (SSSR count). The molecule has 8 heteroatoms. The second-order valence-electron chi connectivity index (χ2n) is 9.84. The first-order valence-electron chi connectivity index (χ1n) is 13.1. The van der Waals surface area contributed by atoms with Gasteiger partial charge in [0.25, 0.3) is 0 Å². The van der Waals surface area contributed by atoms with Crippen LogP contribution in [0.4, 0.5) is 5.69 Å². The molecule has 2 aromatic carbocycles. The van der Waals surface area contributed by atoms with Gasteiger partial charge in [0.1, 0.15) is 11.5 Å². The molecule has 0 atom stereocenters. The second-order valence-corrected chi connectivity index (χ2v) is 9.84. The summed E-state index contributed by atoms with van der Waals surface area (Å²) in [6.07, 6.45) is 8.95. The quantitative estimate of drug-likeness (QED) is 0.307. The highest BCUT2D eigenvalue weighted by Crippen LogP contribution is 2.42. The number of carboxylic acid groups (broad SMARTS) is 2. The van der Waals surface area contributed by atoms with E-state index < -0.39 is 11.9 Å². The summed E-state index contributed by atoms with van der Waals surface area (Å²) >= 11 is 0. The summed E-state index contributed by atoms with van der Waals surface area (Å²) in [5.41, 5.74) is 7.02. The van der Waals surface area contributed by atoms with Crippen LogP contribution in [0.15, 0.2) is 59.3 Å². The molecule has 1 aliphatic carbocycles. The topological polar surface area (TPSA) is 128 Å². The van der Waals surface area contributed by atoms with E-state index >= 15 is 0 Å². The lowest BCUT2D eigenvalue weighted by atomic mass is 9.83. The van der Waals surface area contributed by atoms with Crippen molar-refractivity contribution in [2.24, 2.45) is 0 Å². The van der Waals surface area contributed by atoms with Crippen molar-refractivity contribution in [2.75, 3.05) is 25.0 Å². The molecule has 1 saturated heterocycles. The van der Waals surface area contributed by atoms with Crippen LogP contribution in [0.1, 0.15) is 65.6 Å². The number of rotatable bonds is 8. The Morgan fingerprint density at radius 2 is 1.76 bits per heavy atom. The van der Waals surface area contributed by atoms with Crippen molar-refractivity contribution >= 4 is 23.2 Å². The number of phenolic OH excluding ortho intramolecular Hbond substituents is 1. The van der Waals surface area contributed by atoms with E-state index in [9.17, 15) is 19.8 Å². The predicted octanol–water partition coefficient (Wildman–Crippen LogP) is 5.09. The van der Waals surface area contributed by atoms with E-state index in [0.29, 0.717) is 35.3 Å². The van der Waals surface area contributed by atoms with E-state index in [1.165, 1.54) is 11.6 Å². The molecule has 2 aromatic rings. The highest BCUT2D eigenvalue weighted by Gasteiger charge is 2.25. The number of aromatic carboxylic acids is 1. The number of allylic oxidation sites excluding steroid dienone is 4. The van der Waals surface area contributed by atoms with Gasteiger partial charge >= 0.3 is 11.9 Å². The van der Waals surface area contributed by atoms with Gasteiger partial charge in [-0.25, -0.2) is 4.79 Å². The Balaban J connectivity index is 1.66. The van der Waals surface area contributed by atoms with Crippen LogP contribution in [-0.2, 0) is 11.2 Å². The number of carbonyl (C=O) groups is 2. The van der Waals surface area contributed by atoms with Crippen molar-refractivity contribution in [1.82, 2.24) is 5.32 Å². The Hall–Kier alpha value is -4.20. The van der Waals surface area contributed by atoms with Crippen LogP contribution in [-0.4, -0.2) is 47.0 Å². The summed E-state index contributed by atoms with van der Waals surface area (Å²) in [6, 6.07) is 8.51. The first-order valence-corrected chi connectivity index (χ1v) is 13.1. The Kier molecular flexibility index (Phi) is 7.40. The number of aromatic hydroxyl groups is 1. The Labute approximate surface area is 221 Å². The minimum Gasteiger partial charge on any atom is -0.507 e. The molecule has 0 bridgehead atoms. The molecule has 2 aliphatic heterocycles. The monoisotopic (exact) mass is 516 g/mol. The van der Waals surface area contributed by atoms with Crippen molar-refractivity contribution in [3.05, 3.63) is 81.6 Å². The first kappa shape index (κ1) is 25.4. The lowest BCUT2D eigenvalue weighted by Crippen LogP contribution is -2.23. The summed E-state index contributed by atoms with van der Waals surface area (Å²) in [6.45, 7) is 1.97. The highest BCUT2D eigenvalue weighted by atomic mass is 16.5. The number of fused-ring (bicyclic) bond motifs is 2. The lowest BCUT2D eigenvalue weighted by molar-refractivity contribution is -0.137. The van der Waals surface area contributed by atoms with Gasteiger partial charge in [-0.1, -0.05) is 12.2 Å². The standard InChI is InChI=1S/C30H32N2O6/c33-27-17-26-19(5-2-12-32-26)15-24(27)29(20-7-10-25-18(14-20)4-1-11-31-25)23-16-21(8-9-22(23)30(36)37)38-13-3-6-28(34)35/h8-10,14-17,31-33H,1-7,11-13H2,(H,34,35)(H,36,37)/b29-20+. The number of phenols is 1. The van der Waals surface area contributed by atoms with Crippen LogP contribution in [0.25, 0.3) is 5.57 Å². The highest BCUT2D eigenvalue weighted by molar-refractivity contribution is 5.99. The first-order chi connectivity index (χ1) is 18.4. The molecule has 2 heterocycles. The predicted molar refractivity (Wildman–Crippen MR) is 145 cm³/mol. The van der Waals surface area contributed by atoms with Crippen LogP contribution in [0.3, 0.4) is 0 Å². The number of carboxylic acids is 2. The number of benzene rings is 2. The van der Waals surface area contributed by atoms with Crippen molar-refractivity contribution in [2.45, 2.75) is 44.9 Å². The zero-order chi connectivity index (χ0) is 26.6. The molecular formula is C30H32N2O6. The summed E-state index contributed by atoms with van der Waals surface area (Å²) < 4.78 is 5.82. The van der Waals surface area contributed by atoms with Crippen LogP contribution < -0.4 is 15.4 Å². The maximum atomic E-state index is 12.4.